The number of hydrogen-bond acceptors (Lipinski definition) is 4. The van der Waals surface area contributed by atoms with Crippen LogP contribution in [0.25, 0.3) is 0 Å². The summed E-state index contributed by atoms with van der Waals surface area (Å²) < 4.78 is 2.18. The monoisotopic (exact) mass is 423 g/mol. The lowest BCUT2D eigenvalue weighted by Gasteiger charge is -2.21. The van der Waals surface area contributed by atoms with Crippen molar-refractivity contribution in [2.75, 3.05) is 14.1 Å². The fourth-order valence-corrected chi connectivity index (χ4v) is 4.51. The minimum absolute atomic E-state index is 0.112. The number of nitrogens with one attached hydrogen (secondary N) is 1. The fourth-order valence-electron chi connectivity index (χ4n) is 3.57. The molecule has 0 aliphatic rings. The maximum atomic E-state index is 13.0. The van der Waals surface area contributed by atoms with Crippen LogP contribution in [0.4, 0.5) is 0 Å². The minimum Gasteiger partial charge on any atom is -0.331 e. The highest BCUT2D eigenvalue weighted by Gasteiger charge is 2.27. The molecule has 6 heteroatoms. The zero-order chi connectivity index (χ0) is 21.7. The minimum atomic E-state index is -0.244. The van der Waals surface area contributed by atoms with E-state index < -0.39 is 0 Å². The molecule has 1 aromatic heterocycles. The molecule has 30 heavy (non-hydrogen) atoms. The van der Waals surface area contributed by atoms with Gasteiger partial charge < -0.3 is 4.90 Å². The van der Waals surface area contributed by atoms with E-state index in [0.717, 1.165) is 28.5 Å². The second kappa shape index (κ2) is 10.0. The van der Waals surface area contributed by atoms with Gasteiger partial charge in [-0.05, 0) is 19.4 Å². The van der Waals surface area contributed by atoms with E-state index in [1.807, 2.05) is 56.3 Å². The zero-order valence-corrected chi connectivity index (χ0v) is 19.2. The van der Waals surface area contributed by atoms with Gasteiger partial charge >= 0.3 is 0 Å². The number of hydrogen-bond donors (Lipinski definition) is 1. The summed E-state index contributed by atoms with van der Waals surface area (Å²) in [5, 5.41) is 9.61. The van der Waals surface area contributed by atoms with Crippen molar-refractivity contribution < 1.29 is 9.69 Å². The van der Waals surface area contributed by atoms with Crippen molar-refractivity contribution in [3.63, 3.8) is 0 Å². The van der Waals surface area contributed by atoms with E-state index in [2.05, 4.69) is 47.9 Å². The molecule has 3 rings (SSSR count). The first kappa shape index (κ1) is 22.2. The van der Waals surface area contributed by atoms with Crippen LogP contribution >= 0.6 is 11.8 Å². The molecule has 5 nitrogen and oxygen atoms in total. The highest BCUT2D eigenvalue weighted by atomic mass is 32.2. The number of quaternary nitrogens is 1. The molecule has 0 amide bonds. The average molecular weight is 424 g/mol. The van der Waals surface area contributed by atoms with E-state index in [4.69, 9.17) is 0 Å². The fraction of sp³-hybridized carbons (Fsp3) is 0.375. The molecule has 158 valence electrons. The molecule has 0 bridgehead atoms. The number of carbonyl (C=O) groups is 1. The lowest BCUT2D eigenvalue weighted by atomic mass is 10.1. The van der Waals surface area contributed by atoms with Gasteiger partial charge in [-0.1, -0.05) is 78.8 Å². The Labute approximate surface area is 183 Å². The van der Waals surface area contributed by atoms with Crippen LogP contribution in [0.5, 0.6) is 0 Å². The van der Waals surface area contributed by atoms with Gasteiger partial charge in [0.25, 0.3) is 0 Å². The maximum Gasteiger partial charge on any atom is 0.192 e. The first-order chi connectivity index (χ1) is 14.4. The van der Waals surface area contributed by atoms with Gasteiger partial charge in [-0.15, -0.1) is 10.2 Å². The van der Waals surface area contributed by atoms with Crippen molar-refractivity contribution in [1.82, 2.24) is 14.8 Å². The average Bonchev–Trinajstić information content (AvgIpc) is 3.11. The third kappa shape index (κ3) is 5.18. The van der Waals surface area contributed by atoms with E-state index in [-0.39, 0.29) is 17.1 Å². The van der Waals surface area contributed by atoms with Crippen LogP contribution in [0.2, 0.25) is 0 Å². The standard InChI is InChI=1S/C24H30N4OS/c1-6-21(27(4)5)23-25-26-24(28(23)16-19-10-8-7-9-11-19)30-18(3)22(29)20-14-12-17(2)13-15-20/h7-15,18,21H,6,16H2,1-5H3/p+1/t18-,21+/m0/s1. The van der Waals surface area contributed by atoms with Gasteiger partial charge in [0.2, 0.25) is 0 Å². The summed E-state index contributed by atoms with van der Waals surface area (Å²) in [7, 11) is 4.29. The molecular weight excluding hydrogens is 392 g/mol. The van der Waals surface area contributed by atoms with Crippen LogP contribution in [-0.2, 0) is 6.54 Å². The van der Waals surface area contributed by atoms with Crippen LogP contribution in [0.15, 0.2) is 59.8 Å². The van der Waals surface area contributed by atoms with Crippen molar-refractivity contribution in [3.8, 4) is 0 Å². The number of aryl methyl sites for hydroxylation is 1. The summed E-state index contributed by atoms with van der Waals surface area (Å²) in [6.45, 7) is 6.84. The molecule has 2 aromatic carbocycles. The number of rotatable bonds is 9. The lowest BCUT2D eigenvalue weighted by molar-refractivity contribution is -0.893. The SMILES string of the molecule is CC[C@H](c1nnc(S[C@@H](C)C(=O)c2ccc(C)cc2)n1Cc1ccccc1)[NH+](C)C. The number of Topliss-reactive ketones (excluding diaryl/α,β-unsaturated/α-hetero) is 1. The Balaban J connectivity index is 1.90. The summed E-state index contributed by atoms with van der Waals surface area (Å²) >= 11 is 1.49. The number of benzene rings is 2. The molecule has 0 saturated heterocycles. The Morgan fingerprint density at radius 3 is 2.33 bits per heavy atom. The van der Waals surface area contributed by atoms with E-state index in [1.54, 1.807) is 0 Å². The van der Waals surface area contributed by atoms with Gasteiger partial charge in [-0.3, -0.25) is 9.36 Å². The summed E-state index contributed by atoms with van der Waals surface area (Å²) in [6.07, 6.45) is 0.970. The number of thioether (sulfide) groups is 1. The second-order valence-electron chi connectivity index (χ2n) is 7.94. The molecule has 3 aromatic rings. The van der Waals surface area contributed by atoms with Crippen LogP contribution < -0.4 is 4.90 Å². The van der Waals surface area contributed by atoms with Gasteiger partial charge in [-0.2, -0.15) is 0 Å². The van der Waals surface area contributed by atoms with Crippen molar-refractivity contribution in [2.24, 2.45) is 0 Å². The molecule has 0 fully saturated rings. The van der Waals surface area contributed by atoms with E-state index >= 15 is 0 Å². The van der Waals surface area contributed by atoms with Crippen molar-refractivity contribution in [3.05, 3.63) is 77.1 Å². The van der Waals surface area contributed by atoms with Gasteiger partial charge in [0.05, 0.1) is 25.9 Å². The molecule has 1 heterocycles. The summed E-state index contributed by atoms with van der Waals surface area (Å²) in [6, 6.07) is 18.3. The van der Waals surface area contributed by atoms with E-state index in [1.165, 1.54) is 22.2 Å². The molecule has 1 N–H and O–H groups in total. The Kier molecular flexibility index (Phi) is 7.45. The molecule has 0 unspecified atom stereocenters. The predicted molar refractivity (Wildman–Crippen MR) is 122 cm³/mol. The smallest absolute Gasteiger partial charge is 0.192 e. The Bertz CT molecular complexity index is 967. The zero-order valence-electron chi connectivity index (χ0n) is 18.4. The highest BCUT2D eigenvalue weighted by Crippen LogP contribution is 2.27. The van der Waals surface area contributed by atoms with Crippen molar-refractivity contribution >= 4 is 17.5 Å². The molecular formula is C24H31N4OS+. The summed E-state index contributed by atoms with van der Waals surface area (Å²) in [4.78, 5) is 14.3. The third-order valence-electron chi connectivity index (χ3n) is 5.33. The number of carbonyl (C=O) groups excluding carboxylic acids is 1. The van der Waals surface area contributed by atoms with Crippen LogP contribution in [0.3, 0.4) is 0 Å². The molecule has 0 radical (unpaired) electrons. The Hall–Kier alpha value is -2.44. The van der Waals surface area contributed by atoms with Crippen molar-refractivity contribution in [1.29, 1.82) is 0 Å². The van der Waals surface area contributed by atoms with Crippen LogP contribution in [0, 0.1) is 6.92 Å². The maximum absolute atomic E-state index is 13.0. The van der Waals surface area contributed by atoms with Gasteiger partial charge in [0, 0.05) is 12.0 Å². The van der Waals surface area contributed by atoms with Gasteiger partial charge in [0.15, 0.2) is 16.8 Å². The van der Waals surface area contributed by atoms with E-state index in [0.29, 0.717) is 6.54 Å². The van der Waals surface area contributed by atoms with E-state index in [9.17, 15) is 4.79 Å². The molecule has 2 atom stereocenters. The molecule has 0 saturated carbocycles. The van der Waals surface area contributed by atoms with Gasteiger partial charge in [0.1, 0.15) is 6.04 Å². The predicted octanol–water partition coefficient (Wildman–Crippen LogP) is 3.59. The van der Waals surface area contributed by atoms with Crippen molar-refractivity contribution in [2.45, 2.75) is 50.2 Å². The quantitative estimate of drug-likeness (QED) is 0.422. The summed E-state index contributed by atoms with van der Waals surface area (Å²) in [5.41, 5.74) is 3.08. The first-order valence-electron chi connectivity index (χ1n) is 10.4. The van der Waals surface area contributed by atoms with Crippen LogP contribution in [0.1, 0.15) is 53.6 Å². The van der Waals surface area contributed by atoms with Gasteiger partial charge in [-0.25, -0.2) is 0 Å². The topological polar surface area (TPSA) is 52.2 Å². The van der Waals surface area contributed by atoms with Crippen LogP contribution in [-0.4, -0.2) is 39.9 Å². The molecule has 0 spiro atoms. The Morgan fingerprint density at radius 2 is 1.73 bits per heavy atom. The second-order valence-corrected chi connectivity index (χ2v) is 9.25. The highest BCUT2D eigenvalue weighted by molar-refractivity contribution is 8.00. The molecule has 0 aliphatic heterocycles. The normalized spacial score (nSPS) is 13.4. The molecule has 0 aliphatic carbocycles. The number of nitrogens with zero attached hydrogens (tertiary/aromatic N) is 3. The Morgan fingerprint density at radius 1 is 1.07 bits per heavy atom. The lowest BCUT2D eigenvalue weighted by Crippen LogP contribution is -3.06. The first-order valence-corrected chi connectivity index (χ1v) is 11.3. The number of ketones is 1. The number of aromatic nitrogens is 3. The summed E-state index contributed by atoms with van der Waals surface area (Å²) in [5.74, 6) is 1.08. The third-order valence-corrected chi connectivity index (χ3v) is 6.41. The largest absolute Gasteiger partial charge is 0.331 e.